The molecule has 1 aromatic carbocycles. The second-order valence-electron chi connectivity index (χ2n) is 8.51. The van der Waals surface area contributed by atoms with Crippen LogP contribution in [0, 0.1) is 11.8 Å². The van der Waals surface area contributed by atoms with Gasteiger partial charge in [-0.15, -0.1) is 24.8 Å². The largest absolute Gasteiger partial charge is 0.497 e. The zero-order valence-electron chi connectivity index (χ0n) is 18.0. The molecule has 0 aromatic heterocycles. The molecule has 0 atom stereocenters. The Bertz CT molecular complexity index is 574. The smallest absolute Gasteiger partial charge is 0.119 e. The van der Waals surface area contributed by atoms with Crippen molar-refractivity contribution in [3.63, 3.8) is 0 Å². The number of rotatable bonds is 8. The molecule has 1 saturated heterocycles. The van der Waals surface area contributed by atoms with Crippen molar-refractivity contribution in [2.24, 2.45) is 11.8 Å². The Kier molecular flexibility index (Phi) is 13.2. The maximum atomic E-state index is 5.39. The maximum Gasteiger partial charge on any atom is 0.119 e. The van der Waals surface area contributed by atoms with E-state index < -0.39 is 0 Å². The predicted molar refractivity (Wildman–Crippen MR) is 132 cm³/mol. The molecule has 0 unspecified atom stereocenters. The van der Waals surface area contributed by atoms with Crippen molar-refractivity contribution in [2.45, 2.75) is 64.3 Å². The van der Waals surface area contributed by atoms with Gasteiger partial charge in [-0.1, -0.05) is 22.9 Å². The quantitative estimate of drug-likeness (QED) is 0.457. The number of hydrogen-bond acceptors (Lipinski definition) is 3. The van der Waals surface area contributed by atoms with Gasteiger partial charge in [-0.2, -0.15) is 0 Å². The van der Waals surface area contributed by atoms with E-state index in [0.29, 0.717) is 0 Å². The van der Waals surface area contributed by atoms with Crippen LogP contribution in [-0.2, 0) is 6.42 Å². The van der Waals surface area contributed by atoms with Crippen LogP contribution in [0.5, 0.6) is 5.75 Å². The molecule has 1 aromatic rings. The topological polar surface area (TPSA) is 24.5 Å². The summed E-state index contributed by atoms with van der Waals surface area (Å²) in [5, 5.41) is 3.62. The van der Waals surface area contributed by atoms with Gasteiger partial charge in [-0.05, 0) is 113 Å². The maximum absolute atomic E-state index is 5.39. The van der Waals surface area contributed by atoms with Crippen molar-refractivity contribution >= 4 is 40.7 Å². The molecular formula is C23H39BrCl2N2O. The van der Waals surface area contributed by atoms with E-state index >= 15 is 0 Å². The third kappa shape index (κ3) is 8.57. The zero-order valence-corrected chi connectivity index (χ0v) is 21.2. The second kappa shape index (κ2) is 14.1. The summed E-state index contributed by atoms with van der Waals surface area (Å²) in [5.74, 6) is 2.74. The number of hydrogen-bond donors (Lipinski definition) is 1. The van der Waals surface area contributed by atoms with E-state index in [-0.39, 0.29) is 24.8 Å². The van der Waals surface area contributed by atoms with Gasteiger partial charge in [0.05, 0.1) is 7.11 Å². The number of nitrogens with zero attached hydrogens (tertiary/aromatic N) is 1. The fourth-order valence-electron chi connectivity index (χ4n) is 4.87. The molecule has 0 bridgehead atoms. The first kappa shape index (κ1) is 27.0. The third-order valence-corrected chi connectivity index (χ3v) is 7.44. The molecule has 1 heterocycles. The molecule has 1 aliphatic heterocycles. The first-order valence-corrected chi connectivity index (χ1v) is 11.7. The van der Waals surface area contributed by atoms with E-state index in [9.17, 15) is 0 Å². The molecule has 168 valence electrons. The minimum atomic E-state index is 0. The average molecular weight is 510 g/mol. The highest BCUT2D eigenvalue weighted by Gasteiger charge is 2.23. The molecule has 29 heavy (non-hydrogen) atoms. The molecular weight excluding hydrogens is 471 g/mol. The highest BCUT2D eigenvalue weighted by atomic mass is 79.9. The van der Waals surface area contributed by atoms with Crippen molar-refractivity contribution in [2.75, 3.05) is 33.3 Å². The molecule has 0 amide bonds. The predicted octanol–water partition coefficient (Wildman–Crippen LogP) is 6.11. The van der Waals surface area contributed by atoms with Gasteiger partial charge in [0, 0.05) is 10.5 Å². The standard InChI is InChI=1S/C23H37BrN2O.2ClH/c1-3-25-21-6-4-18(5-7-21)10-13-26-14-11-19(12-15-26)16-20-17-22(27-2)8-9-23(20)24;;/h8-9,17-19,21,25H,3-7,10-16H2,1-2H3;2*1H/t18-,21+;;. The summed E-state index contributed by atoms with van der Waals surface area (Å²) in [4.78, 5) is 2.72. The van der Waals surface area contributed by atoms with Gasteiger partial charge >= 0.3 is 0 Å². The van der Waals surface area contributed by atoms with Gasteiger partial charge in [-0.3, -0.25) is 0 Å². The van der Waals surface area contributed by atoms with Crippen molar-refractivity contribution in [1.82, 2.24) is 10.2 Å². The van der Waals surface area contributed by atoms with Gasteiger partial charge in [0.15, 0.2) is 0 Å². The van der Waals surface area contributed by atoms with Crippen LogP contribution >= 0.6 is 40.7 Å². The van der Waals surface area contributed by atoms with E-state index in [1.54, 1.807) is 7.11 Å². The van der Waals surface area contributed by atoms with E-state index in [1.807, 2.05) is 6.07 Å². The monoisotopic (exact) mass is 508 g/mol. The van der Waals surface area contributed by atoms with Crippen LogP contribution < -0.4 is 10.1 Å². The molecule has 3 rings (SSSR count). The van der Waals surface area contributed by atoms with Crippen LogP contribution in [0.15, 0.2) is 22.7 Å². The molecule has 3 nitrogen and oxygen atoms in total. The Balaban J connectivity index is 0.00000210. The molecule has 0 radical (unpaired) electrons. The SMILES string of the molecule is CCN[C@H]1CC[C@@H](CCN2CCC(Cc3cc(OC)ccc3Br)CC2)CC1.Cl.Cl. The molecule has 0 spiro atoms. The minimum Gasteiger partial charge on any atom is -0.497 e. The van der Waals surface area contributed by atoms with Crippen molar-refractivity contribution in [3.8, 4) is 5.75 Å². The van der Waals surface area contributed by atoms with Crippen LogP contribution in [0.3, 0.4) is 0 Å². The van der Waals surface area contributed by atoms with Gasteiger partial charge in [0.2, 0.25) is 0 Å². The van der Waals surface area contributed by atoms with Crippen LogP contribution in [-0.4, -0.2) is 44.2 Å². The number of nitrogens with one attached hydrogen (secondary N) is 1. The fourth-order valence-corrected chi connectivity index (χ4v) is 5.28. The number of halogens is 3. The van der Waals surface area contributed by atoms with Crippen molar-refractivity contribution < 1.29 is 4.74 Å². The molecule has 1 N–H and O–H groups in total. The lowest BCUT2D eigenvalue weighted by molar-refractivity contribution is 0.163. The molecule has 1 saturated carbocycles. The van der Waals surface area contributed by atoms with Gasteiger partial charge in [0.25, 0.3) is 0 Å². The summed E-state index contributed by atoms with van der Waals surface area (Å²) in [6.07, 6.45) is 10.9. The lowest BCUT2D eigenvalue weighted by Crippen LogP contribution is -2.37. The summed E-state index contributed by atoms with van der Waals surface area (Å²) in [5.41, 5.74) is 1.39. The Morgan fingerprint density at radius 1 is 1.03 bits per heavy atom. The first-order chi connectivity index (χ1) is 13.2. The highest BCUT2D eigenvalue weighted by Crippen LogP contribution is 2.30. The summed E-state index contributed by atoms with van der Waals surface area (Å²) in [6.45, 7) is 7.21. The Morgan fingerprint density at radius 3 is 2.34 bits per heavy atom. The Morgan fingerprint density at radius 2 is 1.72 bits per heavy atom. The van der Waals surface area contributed by atoms with Crippen LogP contribution in [0.2, 0.25) is 0 Å². The normalized spacial score (nSPS) is 23.1. The van der Waals surface area contributed by atoms with Crippen LogP contribution in [0.4, 0.5) is 0 Å². The van der Waals surface area contributed by atoms with Crippen LogP contribution in [0.25, 0.3) is 0 Å². The zero-order chi connectivity index (χ0) is 19.1. The van der Waals surface area contributed by atoms with Crippen molar-refractivity contribution in [3.05, 3.63) is 28.2 Å². The molecule has 2 fully saturated rings. The minimum absolute atomic E-state index is 0. The Labute approximate surface area is 198 Å². The first-order valence-electron chi connectivity index (χ1n) is 11.0. The Hall–Kier alpha value is -0.000000000000000111. The number of ether oxygens (including phenoxy) is 1. The van der Waals surface area contributed by atoms with E-state index in [1.165, 1.54) is 81.0 Å². The van der Waals surface area contributed by atoms with Crippen LogP contribution in [0.1, 0.15) is 57.4 Å². The summed E-state index contributed by atoms with van der Waals surface area (Å²) in [7, 11) is 1.75. The van der Waals surface area contributed by atoms with E-state index in [2.05, 4.69) is 45.2 Å². The third-order valence-electron chi connectivity index (χ3n) is 6.66. The van der Waals surface area contributed by atoms with E-state index in [4.69, 9.17) is 4.74 Å². The number of methoxy groups -OCH3 is 1. The number of likely N-dealkylation sites (tertiary alicyclic amines) is 1. The number of benzene rings is 1. The average Bonchev–Trinajstić information content (AvgIpc) is 2.70. The van der Waals surface area contributed by atoms with E-state index in [0.717, 1.165) is 30.2 Å². The summed E-state index contributed by atoms with van der Waals surface area (Å²) < 4.78 is 6.61. The highest BCUT2D eigenvalue weighted by molar-refractivity contribution is 9.10. The molecule has 6 heteroatoms. The van der Waals surface area contributed by atoms with Gasteiger partial charge in [0.1, 0.15) is 5.75 Å². The number of piperidine rings is 1. The molecule has 1 aliphatic carbocycles. The lowest BCUT2D eigenvalue weighted by Gasteiger charge is -2.34. The van der Waals surface area contributed by atoms with Gasteiger partial charge in [-0.25, -0.2) is 0 Å². The lowest BCUT2D eigenvalue weighted by atomic mass is 9.83. The second-order valence-corrected chi connectivity index (χ2v) is 9.36. The summed E-state index contributed by atoms with van der Waals surface area (Å²) in [6, 6.07) is 7.13. The van der Waals surface area contributed by atoms with Crippen molar-refractivity contribution in [1.29, 1.82) is 0 Å². The molecule has 2 aliphatic rings. The van der Waals surface area contributed by atoms with Gasteiger partial charge < -0.3 is 15.0 Å². The fraction of sp³-hybridized carbons (Fsp3) is 0.739. The summed E-state index contributed by atoms with van der Waals surface area (Å²) >= 11 is 3.71.